The fourth-order valence-corrected chi connectivity index (χ4v) is 3.29. The molecule has 0 saturated heterocycles. The Morgan fingerprint density at radius 3 is 1.90 bits per heavy atom. The Hall–Kier alpha value is -4.10. The van der Waals surface area contributed by atoms with Crippen LogP contribution in [0, 0.1) is 0 Å². The molecule has 0 saturated carbocycles. The number of hydrogen-bond donors (Lipinski definition) is 2. The van der Waals surface area contributed by atoms with Gasteiger partial charge in [0.1, 0.15) is 11.5 Å². The molecule has 0 spiro atoms. The van der Waals surface area contributed by atoms with E-state index in [1.165, 1.54) is 0 Å². The lowest BCUT2D eigenvalue weighted by Gasteiger charge is -2.09. The van der Waals surface area contributed by atoms with Crippen LogP contribution < -0.4 is 20.7 Å². The van der Waals surface area contributed by atoms with E-state index in [-0.39, 0.29) is 5.91 Å². The average molecular weight is 414 g/mol. The molecule has 1 amide bonds. The summed E-state index contributed by atoms with van der Waals surface area (Å²) < 4.78 is 12.4. The molecule has 7 heteroatoms. The molecule has 31 heavy (non-hydrogen) atoms. The van der Waals surface area contributed by atoms with E-state index in [9.17, 15) is 4.79 Å². The number of hydrazine groups is 1. The molecule has 7 nitrogen and oxygen atoms in total. The Balaban J connectivity index is 1.80. The Kier molecular flexibility index (Phi) is 5.68. The summed E-state index contributed by atoms with van der Waals surface area (Å²) in [5.41, 5.74) is 7.10. The molecule has 0 aliphatic rings. The molecular weight excluding hydrogens is 392 g/mol. The zero-order chi connectivity index (χ0) is 21.8. The number of benzene rings is 3. The summed E-state index contributed by atoms with van der Waals surface area (Å²) in [6, 6.07) is 24.7. The van der Waals surface area contributed by atoms with Crippen molar-refractivity contribution < 1.29 is 14.3 Å². The van der Waals surface area contributed by atoms with Crippen LogP contribution in [0.4, 0.5) is 0 Å². The summed E-state index contributed by atoms with van der Waals surface area (Å²) in [5, 5.41) is 4.84. The second-order valence-corrected chi connectivity index (χ2v) is 6.80. The molecule has 156 valence electrons. The zero-order valence-electron chi connectivity index (χ0n) is 17.2. The summed E-state index contributed by atoms with van der Waals surface area (Å²) in [7, 11) is 3.28. The van der Waals surface area contributed by atoms with Crippen molar-refractivity contribution in [2.45, 2.75) is 0 Å². The van der Waals surface area contributed by atoms with Gasteiger partial charge in [-0.25, -0.2) is 10.5 Å². The van der Waals surface area contributed by atoms with Crippen LogP contribution in [0.3, 0.4) is 0 Å². The Bertz CT molecular complexity index is 1180. The van der Waals surface area contributed by atoms with Gasteiger partial charge in [0, 0.05) is 16.7 Å². The third kappa shape index (κ3) is 4.12. The van der Waals surface area contributed by atoms with Crippen molar-refractivity contribution in [2.24, 2.45) is 5.84 Å². The highest BCUT2D eigenvalue weighted by Gasteiger charge is 2.14. The fraction of sp³-hybridized carbons (Fsp3) is 0.0833. The maximum atomic E-state index is 11.8. The summed E-state index contributed by atoms with van der Waals surface area (Å²) in [5.74, 6) is 6.45. The van der Waals surface area contributed by atoms with Crippen LogP contribution in [0.15, 0.2) is 78.9 Å². The van der Waals surface area contributed by atoms with E-state index in [0.717, 1.165) is 39.7 Å². The second-order valence-electron chi connectivity index (χ2n) is 6.80. The number of rotatable bonds is 6. The first kappa shape index (κ1) is 20.2. The number of hydrogen-bond acceptors (Lipinski definition) is 5. The lowest BCUT2D eigenvalue weighted by atomic mass is 10.1. The van der Waals surface area contributed by atoms with Crippen LogP contribution in [0.5, 0.6) is 11.5 Å². The molecule has 1 aromatic heterocycles. The van der Waals surface area contributed by atoms with Gasteiger partial charge in [-0.3, -0.25) is 10.2 Å². The third-order valence-electron chi connectivity index (χ3n) is 4.99. The van der Waals surface area contributed by atoms with Crippen LogP contribution >= 0.6 is 0 Å². The van der Waals surface area contributed by atoms with E-state index in [0.29, 0.717) is 5.56 Å². The maximum Gasteiger partial charge on any atom is 0.265 e. The molecule has 4 rings (SSSR count). The predicted molar refractivity (Wildman–Crippen MR) is 119 cm³/mol. The number of carbonyl (C=O) groups is 1. The van der Waals surface area contributed by atoms with Crippen molar-refractivity contribution in [3.05, 3.63) is 84.4 Å². The molecule has 0 atom stereocenters. The standard InChI is InChI=1S/C24H22N4O3/c1-30-20-11-5-16(6-12-20)22-15-23(17-7-13-21(31-2)14-8-17)28(27-22)19-9-3-18(4-10-19)24(29)26-25/h3-15H,25H2,1-2H3,(H,26,29). The van der Waals surface area contributed by atoms with Gasteiger partial charge in [-0.1, -0.05) is 0 Å². The Morgan fingerprint density at radius 1 is 0.839 bits per heavy atom. The minimum atomic E-state index is -0.346. The van der Waals surface area contributed by atoms with Gasteiger partial charge >= 0.3 is 0 Å². The van der Waals surface area contributed by atoms with Gasteiger partial charge in [-0.2, -0.15) is 5.10 Å². The van der Waals surface area contributed by atoms with Gasteiger partial charge in [0.2, 0.25) is 0 Å². The smallest absolute Gasteiger partial charge is 0.265 e. The number of nitrogen functional groups attached to an aromatic ring is 1. The van der Waals surface area contributed by atoms with Crippen LogP contribution in [-0.4, -0.2) is 29.9 Å². The number of methoxy groups -OCH3 is 2. The summed E-state index contributed by atoms with van der Waals surface area (Å²) in [6.07, 6.45) is 0. The first-order valence-electron chi connectivity index (χ1n) is 9.63. The Morgan fingerprint density at radius 2 is 1.39 bits per heavy atom. The van der Waals surface area contributed by atoms with Crippen LogP contribution in [0.25, 0.3) is 28.2 Å². The highest BCUT2D eigenvalue weighted by atomic mass is 16.5. The minimum Gasteiger partial charge on any atom is -0.497 e. The molecule has 3 aromatic carbocycles. The number of nitrogens with two attached hydrogens (primary N) is 1. The molecule has 3 N–H and O–H groups in total. The van der Waals surface area contributed by atoms with Crippen molar-refractivity contribution in [3.8, 4) is 39.7 Å². The lowest BCUT2D eigenvalue weighted by molar-refractivity contribution is 0.0953. The van der Waals surface area contributed by atoms with Gasteiger partial charge in [-0.05, 0) is 78.9 Å². The van der Waals surface area contributed by atoms with Crippen LogP contribution in [-0.2, 0) is 0 Å². The average Bonchev–Trinajstić information content (AvgIpc) is 3.29. The van der Waals surface area contributed by atoms with Crippen LogP contribution in [0.2, 0.25) is 0 Å². The molecule has 0 aliphatic carbocycles. The molecular formula is C24H22N4O3. The van der Waals surface area contributed by atoms with Gasteiger partial charge in [0.25, 0.3) is 5.91 Å². The maximum absolute atomic E-state index is 11.8. The third-order valence-corrected chi connectivity index (χ3v) is 4.99. The largest absolute Gasteiger partial charge is 0.497 e. The molecule has 1 heterocycles. The molecule has 0 fully saturated rings. The Labute approximate surface area is 180 Å². The highest BCUT2D eigenvalue weighted by molar-refractivity contribution is 5.93. The molecule has 0 aliphatic heterocycles. The van der Waals surface area contributed by atoms with Crippen molar-refractivity contribution in [3.63, 3.8) is 0 Å². The van der Waals surface area contributed by atoms with E-state index < -0.39 is 0 Å². The normalized spacial score (nSPS) is 10.5. The quantitative estimate of drug-likeness (QED) is 0.284. The van der Waals surface area contributed by atoms with Crippen molar-refractivity contribution >= 4 is 5.91 Å². The molecule has 0 unspecified atom stereocenters. The number of nitrogens with zero attached hydrogens (tertiary/aromatic N) is 2. The highest BCUT2D eigenvalue weighted by Crippen LogP contribution is 2.30. The number of amides is 1. The lowest BCUT2D eigenvalue weighted by Crippen LogP contribution is -2.29. The molecule has 4 aromatic rings. The van der Waals surface area contributed by atoms with E-state index in [4.69, 9.17) is 20.4 Å². The number of ether oxygens (including phenoxy) is 2. The van der Waals surface area contributed by atoms with Crippen molar-refractivity contribution in [1.82, 2.24) is 15.2 Å². The van der Waals surface area contributed by atoms with Crippen molar-refractivity contribution in [2.75, 3.05) is 14.2 Å². The summed E-state index contributed by atoms with van der Waals surface area (Å²) >= 11 is 0. The fourth-order valence-electron chi connectivity index (χ4n) is 3.29. The summed E-state index contributed by atoms with van der Waals surface area (Å²) in [4.78, 5) is 11.8. The number of carbonyl (C=O) groups excluding carboxylic acids is 1. The predicted octanol–water partition coefficient (Wildman–Crippen LogP) is 3.83. The van der Waals surface area contributed by atoms with Gasteiger partial charge in [0.15, 0.2) is 0 Å². The van der Waals surface area contributed by atoms with Crippen molar-refractivity contribution in [1.29, 1.82) is 0 Å². The van der Waals surface area contributed by atoms with Gasteiger partial charge in [0.05, 0.1) is 31.3 Å². The van der Waals surface area contributed by atoms with E-state index >= 15 is 0 Å². The van der Waals surface area contributed by atoms with Gasteiger partial charge in [-0.15, -0.1) is 0 Å². The topological polar surface area (TPSA) is 91.4 Å². The second kappa shape index (κ2) is 8.73. The monoisotopic (exact) mass is 414 g/mol. The first-order valence-corrected chi connectivity index (χ1v) is 9.63. The first-order chi connectivity index (χ1) is 15.1. The number of aromatic nitrogens is 2. The van der Waals surface area contributed by atoms with E-state index in [1.54, 1.807) is 26.4 Å². The molecule has 0 radical (unpaired) electrons. The van der Waals surface area contributed by atoms with E-state index in [2.05, 4.69) is 5.43 Å². The van der Waals surface area contributed by atoms with E-state index in [1.807, 2.05) is 71.4 Å². The number of nitrogens with one attached hydrogen (secondary N) is 1. The summed E-state index contributed by atoms with van der Waals surface area (Å²) in [6.45, 7) is 0. The molecule has 0 bridgehead atoms. The van der Waals surface area contributed by atoms with Crippen LogP contribution in [0.1, 0.15) is 10.4 Å². The SMILES string of the molecule is COc1ccc(-c2cc(-c3ccc(OC)cc3)n(-c3ccc(C(=O)NN)cc3)n2)cc1. The van der Waals surface area contributed by atoms with Gasteiger partial charge < -0.3 is 9.47 Å². The minimum absolute atomic E-state index is 0.346. The zero-order valence-corrected chi connectivity index (χ0v) is 17.2.